The summed E-state index contributed by atoms with van der Waals surface area (Å²) in [5, 5.41) is 18.8. The second-order valence-electron chi connectivity index (χ2n) is 7.25. The maximum atomic E-state index is 12.6. The van der Waals surface area contributed by atoms with E-state index in [9.17, 15) is 9.90 Å². The van der Waals surface area contributed by atoms with Gasteiger partial charge in [-0.2, -0.15) is 5.10 Å². The van der Waals surface area contributed by atoms with Crippen molar-refractivity contribution in [3.63, 3.8) is 0 Å². The van der Waals surface area contributed by atoms with Gasteiger partial charge in [-0.05, 0) is 11.5 Å². The van der Waals surface area contributed by atoms with Gasteiger partial charge in [-0.25, -0.2) is 0 Å². The highest BCUT2D eigenvalue weighted by atomic mass is 32.1. The van der Waals surface area contributed by atoms with Crippen LogP contribution in [0.2, 0.25) is 0 Å². The number of thiophene rings is 1. The molecule has 126 valence electrons. The van der Waals surface area contributed by atoms with E-state index in [2.05, 4.69) is 15.2 Å². The molecule has 0 radical (unpaired) electrons. The van der Waals surface area contributed by atoms with Crippen molar-refractivity contribution in [2.24, 2.45) is 5.41 Å². The Morgan fingerprint density at radius 3 is 2.88 bits per heavy atom. The summed E-state index contributed by atoms with van der Waals surface area (Å²) >= 11 is 1.42. The quantitative estimate of drug-likeness (QED) is 0.632. The number of nitrogens with zero attached hydrogens (tertiary/aromatic N) is 1. The van der Waals surface area contributed by atoms with Crippen LogP contribution < -0.4 is 5.56 Å². The van der Waals surface area contributed by atoms with Crippen LogP contribution in [0, 0.1) is 5.41 Å². The van der Waals surface area contributed by atoms with Gasteiger partial charge in [-0.3, -0.25) is 9.89 Å². The van der Waals surface area contributed by atoms with Gasteiger partial charge in [-0.15, -0.1) is 11.3 Å². The third-order valence-corrected chi connectivity index (χ3v) is 5.98. The topological polar surface area (TPSA) is 91.0 Å². The van der Waals surface area contributed by atoms with Crippen LogP contribution in [0.25, 0.3) is 20.5 Å². The summed E-state index contributed by atoms with van der Waals surface area (Å²) in [6, 6.07) is 1.98. The Balaban J connectivity index is 2.01. The number of nitrogens with one attached hydrogen (secondary N) is 2. The third kappa shape index (κ3) is 2.08. The summed E-state index contributed by atoms with van der Waals surface area (Å²) in [6.45, 7) is 6.38. The molecule has 0 fully saturated rings. The van der Waals surface area contributed by atoms with Crippen LogP contribution in [0.3, 0.4) is 0 Å². The van der Waals surface area contributed by atoms with Gasteiger partial charge in [0, 0.05) is 27.6 Å². The second kappa shape index (κ2) is 5.02. The number of H-pyrrole nitrogens is 2. The molecule has 0 spiro atoms. The van der Waals surface area contributed by atoms with E-state index in [1.807, 2.05) is 26.8 Å². The summed E-state index contributed by atoms with van der Waals surface area (Å²) in [7, 11) is 0. The van der Waals surface area contributed by atoms with Gasteiger partial charge in [0.25, 0.3) is 5.56 Å². The predicted molar refractivity (Wildman–Crippen MR) is 93.0 cm³/mol. The molecular formula is C17H19N3O3S. The third-order valence-electron chi connectivity index (χ3n) is 4.80. The van der Waals surface area contributed by atoms with Crippen LogP contribution in [0.4, 0.5) is 0 Å². The van der Waals surface area contributed by atoms with Gasteiger partial charge in [0.1, 0.15) is 10.3 Å². The molecule has 4 heterocycles. The van der Waals surface area contributed by atoms with Crippen LogP contribution in [-0.2, 0) is 16.9 Å². The average molecular weight is 345 g/mol. The molecule has 1 aliphatic rings. The lowest BCUT2D eigenvalue weighted by atomic mass is 9.72. The summed E-state index contributed by atoms with van der Waals surface area (Å²) in [6.07, 6.45) is 3.53. The van der Waals surface area contributed by atoms with E-state index in [0.29, 0.717) is 17.0 Å². The fraction of sp³-hybridized carbons (Fsp3) is 0.412. The van der Waals surface area contributed by atoms with Crippen LogP contribution in [-0.4, -0.2) is 26.9 Å². The molecule has 1 unspecified atom stereocenters. The number of ether oxygens (including phenoxy) is 1. The first-order valence-electron chi connectivity index (χ1n) is 7.80. The molecule has 0 aliphatic carbocycles. The minimum absolute atomic E-state index is 0.170. The minimum Gasteiger partial charge on any atom is -0.381 e. The first-order valence-corrected chi connectivity index (χ1v) is 8.61. The summed E-state index contributed by atoms with van der Waals surface area (Å²) in [4.78, 5) is 16.5. The van der Waals surface area contributed by atoms with E-state index >= 15 is 0 Å². The molecule has 0 saturated heterocycles. The number of aliphatic hydroxyl groups is 1. The molecule has 7 heteroatoms. The molecule has 6 nitrogen and oxygen atoms in total. The molecule has 0 bridgehead atoms. The lowest BCUT2D eigenvalue weighted by Gasteiger charge is -2.43. The van der Waals surface area contributed by atoms with E-state index < -0.39 is 11.0 Å². The number of hydrogen-bond donors (Lipinski definition) is 3. The highest BCUT2D eigenvalue weighted by Crippen LogP contribution is 2.45. The first-order chi connectivity index (χ1) is 11.3. The van der Waals surface area contributed by atoms with Gasteiger partial charge in [0.2, 0.25) is 0 Å². The molecule has 1 aliphatic heterocycles. The van der Waals surface area contributed by atoms with Crippen LogP contribution in [0.1, 0.15) is 32.0 Å². The van der Waals surface area contributed by atoms with Crippen molar-refractivity contribution in [2.45, 2.75) is 33.0 Å². The molecule has 24 heavy (non-hydrogen) atoms. The van der Waals surface area contributed by atoms with Gasteiger partial charge in [0.05, 0.1) is 25.1 Å². The number of aromatic amines is 2. The van der Waals surface area contributed by atoms with E-state index in [-0.39, 0.29) is 12.2 Å². The lowest BCUT2D eigenvalue weighted by molar-refractivity contribution is -0.139. The Labute approximate surface area is 142 Å². The molecule has 4 rings (SSSR count). The summed E-state index contributed by atoms with van der Waals surface area (Å²) in [5.41, 5.74) is 0.503. The highest BCUT2D eigenvalue weighted by Gasteiger charge is 2.47. The predicted octanol–water partition coefficient (Wildman–Crippen LogP) is 2.74. The molecular weight excluding hydrogens is 326 g/mol. The molecule has 3 aromatic rings. The minimum atomic E-state index is -1.23. The van der Waals surface area contributed by atoms with Crippen molar-refractivity contribution in [2.75, 3.05) is 6.61 Å². The van der Waals surface area contributed by atoms with Crippen LogP contribution in [0.15, 0.2) is 23.3 Å². The largest absolute Gasteiger partial charge is 0.381 e. The standard InChI is InChI=1S/C17H19N3O3S/c1-16(2,3)17(22)8-23-7-11-10-4-12(9-5-18-19-6-9)24-13(10)15(21)20-14(11)17/h4-6,22H,7-8H2,1-3H3,(H,18,19)(H,20,21). The zero-order valence-corrected chi connectivity index (χ0v) is 14.6. The van der Waals surface area contributed by atoms with E-state index in [4.69, 9.17) is 4.74 Å². The monoisotopic (exact) mass is 345 g/mol. The molecule has 1 atom stereocenters. The van der Waals surface area contributed by atoms with Crippen molar-refractivity contribution < 1.29 is 9.84 Å². The van der Waals surface area contributed by atoms with Crippen LogP contribution >= 0.6 is 11.3 Å². The van der Waals surface area contributed by atoms with Crippen LogP contribution in [0.5, 0.6) is 0 Å². The number of aromatic nitrogens is 3. The number of rotatable bonds is 1. The number of fused-ring (bicyclic) bond motifs is 3. The molecule has 0 saturated carbocycles. The SMILES string of the molecule is CC(C)(C)C1(O)COCc2c1[nH]c(=O)c1sc(-c3cn[nH]c3)cc21. The lowest BCUT2D eigenvalue weighted by Crippen LogP contribution is -2.48. The first kappa shape index (κ1) is 15.6. The van der Waals surface area contributed by atoms with Gasteiger partial charge in [0.15, 0.2) is 0 Å². The fourth-order valence-electron chi connectivity index (χ4n) is 3.16. The average Bonchev–Trinajstić information content (AvgIpc) is 3.16. The van der Waals surface area contributed by atoms with E-state index in [0.717, 1.165) is 21.4 Å². The summed E-state index contributed by atoms with van der Waals surface area (Å²) in [5.74, 6) is 0. The van der Waals surface area contributed by atoms with E-state index in [1.165, 1.54) is 11.3 Å². The van der Waals surface area contributed by atoms with Crippen molar-refractivity contribution in [3.05, 3.63) is 40.1 Å². The Kier molecular flexibility index (Phi) is 3.25. The second-order valence-corrected chi connectivity index (χ2v) is 8.30. The normalized spacial score (nSPS) is 21.2. The Bertz CT molecular complexity index is 966. The molecule has 0 amide bonds. The van der Waals surface area contributed by atoms with Gasteiger partial charge in [-0.1, -0.05) is 20.8 Å². The number of hydrogen-bond acceptors (Lipinski definition) is 5. The molecule has 0 aromatic carbocycles. The maximum Gasteiger partial charge on any atom is 0.266 e. The van der Waals surface area contributed by atoms with Crippen molar-refractivity contribution in [1.82, 2.24) is 15.2 Å². The van der Waals surface area contributed by atoms with E-state index in [1.54, 1.807) is 12.4 Å². The zero-order valence-electron chi connectivity index (χ0n) is 13.8. The Morgan fingerprint density at radius 1 is 1.42 bits per heavy atom. The Morgan fingerprint density at radius 2 is 2.21 bits per heavy atom. The summed E-state index contributed by atoms with van der Waals surface area (Å²) < 4.78 is 6.35. The fourth-order valence-corrected chi connectivity index (χ4v) is 4.22. The van der Waals surface area contributed by atoms with Gasteiger partial charge >= 0.3 is 0 Å². The van der Waals surface area contributed by atoms with Crippen molar-refractivity contribution in [1.29, 1.82) is 0 Å². The molecule has 3 aromatic heterocycles. The smallest absolute Gasteiger partial charge is 0.266 e. The Hall–Kier alpha value is -1.96. The van der Waals surface area contributed by atoms with Gasteiger partial charge < -0.3 is 14.8 Å². The zero-order chi connectivity index (χ0) is 17.1. The van der Waals surface area contributed by atoms with Crippen molar-refractivity contribution in [3.8, 4) is 10.4 Å². The maximum absolute atomic E-state index is 12.6. The highest BCUT2D eigenvalue weighted by molar-refractivity contribution is 7.22. The molecule has 3 N–H and O–H groups in total. The van der Waals surface area contributed by atoms with Crippen molar-refractivity contribution >= 4 is 21.4 Å². The number of pyridine rings is 1.